The van der Waals surface area contributed by atoms with Gasteiger partial charge >= 0.3 is 0 Å². The average Bonchev–Trinajstić information content (AvgIpc) is 3.83. The molecule has 3 heterocycles. The van der Waals surface area contributed by atoms with Crippen LogP contribution in [-0.2, 0) is 4.74 Å². The summed E-state index contributed by atoms with van der Waals surface area (Å²) in [5, 5.41) is 11.8. The highest BCUT2D eigenvalue weighted by Crippen LogP contribution is 2.44. The quantitative estimate of drug-likeness (QED) is 0.197. The first-order chi connectivity index (χ1) is 23.3. The Hall–Kier alpha value is -6.13. The van der Waals surface area contributed by atoms with Gasteiger partial charge in [0.1, 0.15) is 23.3 Å². The molecule has 0 amide bonds. The van der Waals surface area contributed by atoms with Gasteiger partial charge in [-0.3, -0.25) is 0 Å². The maximum absolute atomic E-state index is 6.70. The van der Waals surface area contributed by atoms with Crippen LogP contribution in [0.4, 0.5) is 0 Å². The van der Waals surface area contributed by atoms with Crippen molar-refractivity contribution >= 4 is 82.0 Å². The number of hydrogen-bond donors (Lipinski definition) is 0. The van der Waals surface area contributed by atoms with Crippen LogP contribution in [0.2, 0.25) is 0 Å². The van der Waals surface area contributed by atoms with Crippen molar-refractivity contribution in [2.45, 2.75) is 12.1 Å². The zero-order valence-electron chi connectivity index (χ0n) is 25.2. The number of nitrogens with zero attached hydrogens (tertiary/aromatic N) is 2. The minimum Gasteiger partial charge on any atom is -0.467 e. The molecule has 2 unspecified atom stereocenters. The summed E-state index contributed by atoms with van der Waals surface area (Å²) >= 11 is 0. The van der Waals surface area contributed by atoms with Crippen LogP contribution in [0.25, 0.3) is 81.7 Å². The molecule has 47 heavy (non-hydrogen) atoms. The lowest BCUT2D eigenvalue weighted by molar-refractivity contribution is 0.255. The molecule has 9 aromatic rings. The van der Waals surface area contributed by atoms with Gasteiger partial charge in [0.2, 0.25) is 5.90 Å². The van der Waals surface area contributed by atoms with Gasteiger partial charge in [0.05, 0.1) is 16.7 Å². The third-order valence-electron chi connectivity index (χ3n) is 10.1. The minimum absolute atomic E-state index is 0.0120. The topological polar surface area (TPSA) is 39.7 Å². The van der Waals surface area contributed by atoms with Crippen molar-refractivity contribution in [3.8, 4) is 5.69 Å². The van der Waals surface area contributed by atoms with Crippen LogP contribution in [0.3, 0.4) is 0 Å². The van der Waals surface area contributed by atoms with Gasteiger partial charge < -0.3 is 13.7 Å². The molecule has 2 atom stereocenters. The maximum Gasteiger partial charge on any atom is 0.218 e. The highest BCUT2D eigenvalue weighted by Gasteiger charge is 2.31. The molecule has 0 spiro atoms. The van der Waals surface area contributed by atoms with E-state index in [1.54, 1.807) is 0 Å². The van der Waals surface area contributed by atoms with Gasteiger partial charge in [0.15, 0.2) is 0 Å². The molecular formula is C43H26N2O2. The Kier molecular flexibility index (Phi) is 4.92. The molecule has 0 fully saturated rings. The lowest BCUT2D eigenvalue weighted by Gasteiger charge is -2.14. The largest absolute Gasteiger partial charge is 0.467 e. The molecule has 2 aliphatic rings. The lowest BCUT2D eigenvalue weighted by Crippen LogP contribution is -2.19. The Bertz CT molecular complexity index is 2810. The summed E-state index contributed by atoms with van der Waals surface area (Å²) in [6.45, 7) is 0. The molecular weight excluding hydrogens is 576 g/mol. The van der Waals surface area contributed by atoms with E-state index in [-0.39, 0.29) is 12.1 Å². The third kappa shape index (κ3) is 3.39. The summed E-state index contributed by atoms with van der Waals surface area (Å²) in [5.41, 5.74) is 6.13. The summed E-state index contributed by atoms with van der Waals surface area (Å²) in [6.07, 6.45) is 8.18. The number of furan rings is 1. The average molecular weight is 603 g/mol. The van der Waals surface area contributed by atoms with E-state index >= 15 is 0 Å². The summed E-state index contributed by atoms with van der Waals surface area (Å²) in [4.78, 5) is 5.00. The number of allylic oxidation sites excluding steroid dienone is 2. The van der Waals surface area contributed by atoms with E-state index in [0.29, 0.717) is 5.90 Å². The second-order valence-corrected chi connectivity index (χ2v) is 12.6. The first kappa shape index (κ1) is 25.1. The van der Waals surface area contributed by atoms with Crippen molar-refractivity contribution < 1.29 is 9.15 Å². The standard InChI is InChI=1S/C43H26N2O2/c1-3-12-27-25(10-1)20-22-34-40(27)41-28-13-4-2-11-26(28)21-23-35(41)45(34)36-24-32-39-31(43-44-33-17-7-8-18-37(33)47-43)16-9-19-38(39)46-42(32)30-15-6-5-14-29(30)36/h1-24,33,37H. The van der Waals surface area contributed by atoms with E-state index in [2.05, 4.69) is 126 Å². The first-order valence-corrected chi connectivity index (χ1v) is 16.1. The molecule has 0 saturated heterocycles. The Morgan fingerprint density at radius 3 is 1.94 bits per heavy atom. The molecule has 0 saturated carbocycles. The number of benzene rings is 7. The summed E-state index contributed by atoms with van der Waals surface area (Å²) in [6, 6.07) is 43.6. The molecule has 1 aliphatic heterocycles. The SMILES string of the molecule is C1=CC2N=C(c3cccc4oc5c6ccccc6c(-n6c7ccc8ccccc8c7c7c8ccccc8ccc76)cc5c34)OC2C=C1. The predicted molar refractivity (Wildman–Crippen MR) is 194 cm³/mol. The normalized spacial score (nSPS) is 17.5. The summed E-state index contributed by atoms with van der Waals surface area (Å²) in [7, 11) is 0. The fourth-order valence-electron chi connectivity index (χ4n) is 8.03. The Balaban J connectivity index is 1.30. The highest BCUT2D eigenvalue weighted by atomic mass is 16.5. The summed E-state index contributed by atoms with van der Waals surface area (Å²) in [5.74, 6) is 0.661. The molecule has 1 aliphatic carbocycles. The van der Waals surface area contributed by atoms with Gasteiger partial charge in [-0.15, -0.1) is 0 Å². The number of ether oxygens (including phenoxy) is 1. The van der Waals surface area contributed by atoms with Gasteiger partial charge in [0, 0.05) is 37.9 Å². The number of fused-ring (bicyclic) bond motifs is 13. The molecule has 0 N–H and O–H groups in total. The zero-order chi connectivity index (χ0) is 30.6. The molecule has 220 valence electrons. The molecule has 0 bridgehead atoms. The fraction of sp³-hybridized carbons (Fsp3) is 0.0465. The van der Waals surface area contributed by atoms with Crippen molar-refractivity contribution in [2.24, 2.45) is 4.99 Å². The molecule has 11 rings (SSSR count). The van der Waals surface area contributed by atoms with Gasteiger partial charge in [-0.1, -0.05) is 109 Å². The van der Waals surface area contributed by atoms with E-state index in [1.807, 2.05) is 24.3 Å². The molecule has 4 nitrogen and oxygen atoms in total. The van der Waals surface area contributed by atoms with Gasteiger partial charge in [-0.2, -0.15) is 0 Å². The molecule has 7 aromatic carbocycles. The third-order valence-corrected chi connectivity index (χ3v) is 10.1. The summed E-state index contributed by atoms with van der Waals surface area (Å²) < 4.78 is 15.6. The van der Waals surface area contributed by atoms with Crippen LogP contribution in [0.15, 0.2) is 155 Å². The predicted octanol–water partition coefficient (Wildman–Crippen LogP) is 10.8. The number of aliphatic imine (C=N–C) groups is 1. The van der Waals surface area contributed by atoms with Crippen molar-refractivity contribution in [1.82, 2.24) is 4.57 Å². The van der Waals surface area contributed by atoms with E-state index < -0.39 is 0 Å². The molecule has 2 aromatic heterocycles. The Labute approximate surface area is 269 Å². The maximum atomic E-state index is 6.70. The monoisotopic (exact) mass is 602 g/mol. The van der Waals surface area contributed by atoms with Gasteiger partial charge in [-0.25, -0.2) is 4.99 Å². The van der Waals surface area contributed by atoms with Gasteiger partial charge in [0.25, 0.3) is 0 Å². The number of aromatic nitrogens is 1. The van der Waals surface area contributed by atoms with Crippen LogP contribution in [0.5, 0.6) is 0 Å². The first-order valence-electron chi connectivity index (χ1n) is 16.1. The van der Waals surface area contributed by atoms with Crippen LogP contribution in [0.1, 0.15) is 5.56 Å². The van der Waals surface area contributed by atoms with Crippen LogP contribution >= 0.6 is 0 Å². The van der Waals surface area contributed by atoms with E-state index in [4.69, 9.17) is 14.1 Å². The van der Waals surface area contributed by atoms with Crippen molar-refractivity contribution in [2.75, 3.05) is 0 Å². The molecule has 4 heteroatoms. The van der Waals surface area contributed by atoms with Crippen molar-refractivity contribution in [1.29, 1.82) is 0 Å². The van der Waals surface area contributed by atoms with E-state index in [0.717, 1.165) is 44.0 Å². The Morgan fingerprint density at radius 2 is 1.21 bits per heavy atom. The smallest absolute Gasteiger partial charge is 0.218 e. The van der Waals surface area contributed by atoms with Crippen molar-refractivity contribution in [3.05, 3.63) is 151 Å². The van der Waals surface area contributed by atoms with Crippen molar-refractivity contribution in [3.63, 3.8) is 0 Å². The number of hydrogen-bond acceptors (Lipinski definition) is 3. The molecule has 0 radical (unpaired) electrons. The van der Waals surface area contributed by atoms with Crippen LogP contribution < -0.4 is 0 Å². The highest BCUT2D eigenvalue weighted by molar-refractivity contribution is 6.29. The minimum atomic E-state index is -0.0814. The fourth-order valence-corrected chi connectivity index (χ4v) is 8.03. The Morgan fingerprint density at radius 1 is 0.553 bits per heavy atom. The lowest BCUT2D eigenvalue weighted by atomic mass is 10.00. The zero-order valence-corrected chi connectivity index (χ0v) is 25.2. The van der Waals surface area contributed by atoms with E-state index in [9.17, 15) is 0 Å². The van der Waals surface area contributed by atoms with Crippen LogP contribution in [0, 0.1) is 0 Å². The second kappa shape index (κ2) is 9.21. The van der Waals surface area contributed by atoms with E-state index in [1.165, 1.54) is 43.4 Å². The second-order valence-electron chi connectivity index (χ2n) is 12.6. The number of rotatable bonds is 2. The van der Waals surface area contributed by atoms with Crippen LogP contribution in [-0.4, -0.2) is 22.6 Å². The van der Waals surface area contributed by atoms with Gasteiger partial charge in [-0.05, 0) is 58.0 Å².